The van der Waals surface area contributed by atoms with Crippen LogP contribution in [0.3, 0.4) is 0 Å². The van der Waals surface area contributed by atoms with E-state index in [-0.39, 0.29) is 5.02 Å². The SMILES string of the molecule is Fc1ccc(Nc2cncc3nnnn23)cc1Cl. The predicted molar refractivity (Wildman–Crippen MR) is 63.3 cm³/mol. The summed E-state index contributed by atoms with van der Waals surface area (Å²) in [6, 6.07) is 4.31. The van der Waals surface area contributed by atoms with Gasteiger partial charge in [0.2, 0.25) is 0 Å². The van der Waals surface area contributed by atoms with Crippen molar-refractivity contribution in [3.63, 3.8) is 0 Å². The number of halogens is 2. The van der Waals surface area contributed by atoms with Crippen LogP contribution in [0.1, 0.15) is 0 Å². The molecule has 3 aromatic rings. The van der Waals surface area contributed by atoms with Crippen LogP contribution in [0.2, 0.25) is 5.02 Å². The maximum Gasteiger partial charge on any atom is 0.199 e. The fourth-order valence-corrected chi connectivity index (χ4v) is 1.66. The van der Waals surface area contributed by atoms with Gasteiger partial charge in [0.15, 0.2) is 11.5 Å². The van der Waals surface area contributed by atoms with E-state index >= 15 is 0 Å². The Kier molecular flexibility index (Phi) is 2.52. The number of tetrazole rings is 1. The van der Waals surface area contributed by atoms with Crippen molar-refractivity contribution in [2.45, 2.75) is 0 Å². The van der Waals surface area contributed by atoms with E-state index in [0.29, 0.717) is 17.2 Å². The maximum absolute atomic E-state index is 13.0. The standard InChI is InChI=1S/C10H6ClFN6/c11-7-3-6(1-2-8(7)12)14-9-4-13-5-10-15-16-17-18(9)10/h1-5,14H. The second-order valence-corrected chi connectivity index (χ2v) is 3.90. The van der Waals surface area contributed by atoms with Gasteiger partial charge in [-0.3, -0.25) is 4.98 Å². The molecule has 0 fully saturated rings. The number of anilines is 2. The monoisotopic (exact) mass is 264 g/mol. The number of hydrogen-bond donors (Lipinski definition) is 1. The molecule has 0 saturated heterocycles. The molecule has 18 heavy (non-hydrogen) atoms. The first-order chi connectivity index (χ1) is 8.74. The van der Waals surface area contributed by atoms with E-state index in [1.807, 2.05) is 0 Å². The maximum atomic E-state index is 13.0. The van der Waals surface area contributed by atoms with Crippen molar-refractivity contribution in [1.29, 1.82) is 0 Å². The van der Waals surface area contributed by atoms with Crippen LogP contribution in [0.15, 0.2) is 30.6 Å². The fourth-order valence-electron chi connectivity index (χ4n) is 1.48. The van der Waals surface area contributed by atoms with Gasteiger partial charge in [0, 0.05) is 5.69 Å². The molecule has 0 aliphatic carbocycles. The van der Waals surface area contributed by atoms with Crippen molar-refractivity contribution in [2.24, 2.45) is 0 Å². The molecule has 1 aromatic carbocycles. The van der Waals surface area contributed by atoms with Crippen LogP contribution < -0.4 is 5.32 Å². The normalized spacial score (nSPS) is 10.8. The van der Waals surface area contributed by atoms with Crippen molar-refractivity contribution in [3.8, 4) is 0 Å². The largest absolute Gasteiger partial charge is 0.339 e. The molecule has 0 bridgehead atoms. The molecule has 3 rings (SSSR count). The minimum absolute atomic E-state index is 0.0387. The highest BCUT2D eigenvalue weighted by Gasteiger charge is 2.06. The van der Waals surface area contributed by atoms with Gasteiger partial charge in [-0.15, -0.1) is 5.10 Å². The van der Waals surface area contributed by atoms with Gasteiger partial charge in [-0.25, -0.2) is 4.39 Å². The summed E-state index contributed by atoms with van der Waals surface area (Å²) in [6.07, 6.45) is 3.09. The Morgan fingerprint density at radius 1 is 1.28 bits per heavy atom. The van der Waals surface area contributed by atoms with Crippen LogP contribution >= 0.6 is 11.6 Å². The molecular weight excluding hydrogens is 259 g/mol. The van der Waals surface area contributed by atoms with E-state index in [1.54, 1.807) is 12.3 Å². The molecule has 0 unspecified atom stereocenters. The average molecular weight is 265 g/mol. The first-order valence-electron chi connectivity index (χ1n) is 4.98. The molecule has 8 heteroatoms. The van der Waals surface area contributed by atoms with Crippen LogP contribution in [0.4, 0.5) is 15.9 Å². The lowest BCUT2D eigenvalue weighted by molar-refractivity contribution is 0.628. The van der Waals surface area contributed by atoms with Crippen LogP contribution in [-0.2, 0) is 0 Å². The lowest BCUT2D eigenvalue weighted by atomic mass is 10.3. The number of rotatable bonds is 2. The van der Waals surface area contributed by atoms with Gasteiger partial charge in [0.25, 0.3) is 0 Å². The summed E-state index contributed by atoms with van der Waals surface area (Å²) in [5.41, 5.74) is 1.12. The summed E-state index contributed by atoms with van der Waals surface area (Å²) in [5.74, 6) is 0.0844. The molecule has 2 heterocycles. The molecule has 2 aromatic heterocycles. The average Bonchev–Trinajstić information content (AvgIpc) is 2.83. The minimum Gasteiger partial charge on any atom is -0.339 e. The van der Waals surface area contributed by atoms with Gasteiger partial charge < -0.3 is 5.32 Å². The zero-order valence-electron chi connectivity index (χ0n) is 8.88. The molecule has 6 nitrogen and oxygen atoms in total. The summed E-state index contributed by atoms with van der Waals surface area (Å²) in [6.45, 7) is 0. The third-order valence-corrected chi connectivity index (χ3v) is 2.59. The quantitative estimate of drug-likeness (QED) is 0.767. The van der Waals surface area contributed by atoms with Gasteiger partial charge >= 0.3 is 0 Å². The first kappa shape index (κ1) is 10.8. The van der Waals surface area contributed by atoms with E-state index in [9.17, 15) is 4.39 Å². The summed E-state index contributed by atoms with van der Waals surface area (Å²) in [7, 11) is 0. The lowest BCUT2D eigenvalue weighted by Gasteiger charge is -2.07. The third kappa shape index (κ3) is 1.84. The van der Waals surface area contributed by atoms with E-state index < -0.39 is 5.82 Å². The van der Waals surface area contributed by atoms with Gasteiger partial charge in [-0.2, -0.15) is 4.52 Å². The Balaban J connectivity index is 2.01. The molecule has 0 amide bonds. The number of hydrogen-bond acceptors (Lipinski definition) is 5. The zero-order valence-corrected chi connectivity index (χ0v) is 9.63. The zero-order chi connectivity index (χ0) is 12.5. The molecule has 0 atom stereocenters. The van der Waals surface area contributed by atoms with Crippen molar-refractivity contribution in [1.82, 2.24) is 25.0 Å². The highest BCUT2D eigenvalue weighted by molar-refractivity contribution is 6.31. The third-order valence-electron chi connectivity index (χ3n) is 2.30. The highest BCUT2D eigenvalue weighted by Crippen LogP contribution is 2.22. The number of nitrogens with zero attached hydrogens (tertiary/aromatic N) is 5. The van der Waals surface area contributed by atoms with E-state index in [0.717, 1.165) is 0 Å². The summed E-state index contributed by atoms with van der Waals surface area (Å²) >= 11 is 5.70. The molecule has 0 aliphatic rings. The number of benzene rings is 1. The molecule has 0 radical (unpaired) electrons. The van der Waals surface area contributed by atoms with Crippen LogP contribution in [0.25, 0.3) is 5.65 Å². The predicted octanol–water partition coefficient (Wildman–Crippen LogP) is 2.06. The van der Waals surface area contributed by atoms with Crippen molar-refractivity contribution >= 4 is 28.8 Å². The summed E-state index contributed by atoms with van der Waals surface area (Å²) < 4.78 is 14.5. The highest BCUT2D eigenvalue weighted by atomic mass is 35.5. The van der Waals surface area contributed by atoms with Crippen molar-refractivity contribution in [3.05, 3.63) is 41.4 Å². The smallest absolute Gasteiger partial charge is 0.199 e. The number of aromatic nitrogens is 5. The Bertz CT molecular complexity index is 712. The van der Waals surface area contributed by atoms with E-state index in [4.69, 9.17) is 11.6 Å². The molecule has 0 saturated carbocycles. The first-order valence-corrected chi connectivity index (χ1v) is 5.36. The number of nitrogens with one attached hydrogen (secondary N) is 1. The summed E-state index contributed by atoms with van der Waals surface area (Å²) in [4.78, 5) is 3.99. The molecular formula is C10H6ClFN6. The Labute approximate surface area is 105 Å². The molecule has 0 spiro atoms. The lowest BCUT2D eigenvalue weighted by Crippen LogP contribution is -2.00. The van der Waals surface area contributed by atoms with Crippen molar-refractivity contribution in [2.75, 3.05) is 5.32 Å². The van der Waals surface area contributed by atoms with E-state index in [2.05, 4.69) is 25.8 Å². The van der Waals surface area contributed by atoms with Crippen LogP contribution in [0.5, 0.6) is 0 Å². The summed E-state index contributed by atoms with van der Waals surface area (Å²) in [5, 5.41) is 14.1. The molecule has 0 aliphatic heterocycles. The van der Waals surface area contributed by atoms with Gasteiger partial charge in [-0.1, -0.05) is 11.6 Å². The van der Waals surface area contributed by atoms with Crippen LogP contribution in [0, 0.1) is 5.82 Å². The van der Waals surface area contributed by atoms with E-state index in [1.165, 1.54) is 22.8 Å². The van der Waals surface area contributed by atoms with Crippen LogP contribution in [-0.4, -0.2) is 25.0 Å². The Morgan fingerprint density at radius 3 is 3.00 bits per heavy atom. The molecule has 90 valence electrons. The number of fused-ring (bicyclic) bond motifs is 1. The second kappa shape index (κ2) is 4.19. The van der Waals surface area contributed by atoms with Gasteiger partial charge in [-0.05, 0) is 28.6 Å². The topological polar surface area (TPSA) is 68.0 Å². The van der Waals surface area contributed by atoms with Crippen molar-refractivity contribution < 1.29 is 4.39 Å². The Hall–Kier alpha value is -2.28. The van der Waals surface area contributed by atoms with Gasteiger partial charge in [0.1, 0.15) is 5.82 Å². The van der Waals surface area contributed by atoms with Gasteiger partial charge in [0.05, 0.1) is 17.4 Å². The second-order valence-electron chi connectivity index (χ2n) is 3.50. The fraction of sp³-hybridized carbons (Fsp3) is 0. The molecule has 1 N–H and O–H groups in total. The minimum atomic E-state index is -0.471. The Morgan fingerprint density at radius 2 is 2.17 bits per heavy atom.